The minimum Gasteiger partial charge on any atom is -0.496 e. The number of nitro groups is 1. The first-order valence-electron chi connectivity index (χ1n) is 10.9. The monoisotopic (exact) mass is 541 g/mol. The fraction of sp³-hybridized carbons (Fsp3) is 0.154. The molecule has 0 aromatic heterocycles. The molecule has 190 valence electrons. The van der Waals surface area contributed by atoms with E-state index in [1.807, 2.05) is 6.07 Å². The molecule has 3 aromatic rings. The maximum Gasteiger partial charge on any atom is 0.296 e. The SMILES string of the molecule is CCOc1cc(/C=C(\C#N)C(=O)Nc2ccc(OC)cc2[N+](=O)[O-])ccc1OCc1c(Cl)cccc1Cl. The second-order valence-electron chi connectivity index (χ2n) is 7.39. The predicted octanol–water partition coefficient (Wildman–Crippen LogP) is 6.43. The number of nitrogens with one attached hydrogen (secondary N) is 1. The minimum absolute atomic E-state index is 0.0751. The van der Waals surface area contributed by atoms with E-state index in [1.54, 1.807) is 43.3 Å². The Morgan fingerprint density at radius 1 is 1.11 bits per heavy atom. The van der Waals surface area contributed by atoms with Gasteiger partial charge in [-0.1, -0.05) is 35.3 Å². The molecule has 0 aliphatic rings. The number of methoxy groups -OCH3 is 1. The maximum absolute atomic E-state index is 12.7. The Hall–Kier alpha value is -4.26. The number of ether oxygens (including phenoxy) is 3. The van der Waals surface area contributed by atoms with E-state index in [0.29, 0.717) is 39.3 Å². The number of benzene rings is 3. The molecule has 0 aliphatic heterocycles. The van der Waals surface area contributed by atoms with Crippen LogP contribution in [0.4, 0.5) is 11.4 Å². The Morgan fingerprint density at radius 2 is 1.84 bits per heavy atom. The molecule has 0 saturated heterocycles. The third-order valence-corrected chi connectivity index (χ3v) is 5.74. The van der Waals surface area contributed by atoms with Crippen molar-refractivity contribution in [1.29, 1.82) is 5.26 Å². The predicted molar refractivity (Wildman–Crippen MR) is 140 cm³/mol. The Labute approximate surface area is 222 Å². The van der Waals surface area contributed by atoms with Crippen LogP contribution in [-0.2, 0) is 11.4 Å². The molecule has 11 heteroatoms. The van der Waals surface area contributed by atoms with Gasteiger partial charge in [0.1, 0.15) is 29.7 Å². The first-order valence-corrected chi connectivity index (χ1v) is 11.6. The number of halogens is 2. The summed E-state index contributed by atoms with van der Waals surface area (Å²) in [4.78, 5) is 23.5. The van der Waals surface area contributed by atoms with Gasteiger partial charge in [-0.25, -0.2) is 0 Å². The molecular formula is C26H21Cl2N3O6. The average Bonchev–Trinajstić information content (AvgIpc) is 2.88. The summed E-state index contributed by atoms with van der Waals surface area (Å²) in [5.41, 5.74) is 0.373. The quantitative estimate of drug-likeness (QED) is 0.135. The van der Waals surface area contributed by atoms with E-state index in [0.717, 1.165) is 0 Å². The van der Waals surface area contributed by atoms with Crippen molar-refractivity contribution in [3.63, 3.8) is 0 Å². The molecule has 9 nitrogen and oxygen atoms in total. The molecule has 3 aromatic carbocycles. The third-order valence-electron chi connectivity index (χ3n) is 5.03. The second-order valence-corrected chi connectivity index (χ2v) is 8.21. The van der Waals surface area contributed by atoms with Crippen LogP contribution in [0.25, 0.3) is 6.08 Å². The summed E-state index contributed by atoms with van der Waals surface area (Å²) < 4.78 is 16.5. The van der Waals surface area contributed by atoms with E-state index < -0.39 is 10.8 Å². The highest BCUT2D eigenvalue weighted by atomic mass is 35.5. The van der Waals surface area contributed by atoms with Crippen LogP contribution in [0.15, 0.2) is 60.2 Å². The molecule has 0 radical (unpaired) electrons. The van der Waals surface area contributed by atoms with E-state index in [2.05, 4.69) is 5.32 Å². The first-order chi connectivity index (χ1) is 17.8. The second kappa shape index (κ2) is 12.6. The van der Waals surface area contributed by atoms with Crippen LogP contribution >= 0.6 is 23.2 Å². The Bertz CT molecular complexity index is 1380. The molecule has 0 fully saturated rings. The zero-order valence-corrected chi connectivity index (χ0v) is 21.3. The molecule has 0 atom stereocenters. The highest BCUT2D eigenvalue weighted by molar-refractivity contribution is 6.35. The fourth-order valence-corrected chi connectivity index (χ4v) is 3.73. The summed E-state index contributed by atoms with van der Waals surface area (Å²) >= 11 is 12.4. The van der Waals surface area contributed by atoms with Gasteiger partial charge in [0, 0.05) is 15.6 Å². The molecule has 0 aliphatic carbocycles. The number of hydrogen-bond acceptors (Lipinski definition) is 7. The number of nitriles is 1. The van der Waals surface area contributed by atoms with Crippen LogP contribution in [0.2, 0.25) is 10.0 Å². The van der Waals surface area contributed by atoms with Crippen molar-refractivity contribution >= 4 is 46.6 Å². The van der Waals surface area contributed by atoms with Crippen molar-refractivity contribution in [2.75, 3.05) is 19.0 Å². The summed E-state index contributed by atoms with van der Waals surface area (Å²) in [6.07, 6.45) is 1.34. The normalized spacial score (nSPS) is 10.8. The molecule has 0 saturated carbocycles. The molecule has 0 spiro atoms. The number of amides is 1. The number of rotatable bonds is 10. The summed E-state index contributed by atoms with van der Waals surface area (Å²) in [6.45, 7) is 2.23. The lowest BCUT2D eigenvalue weighted by Crippen LogP contribution is -2.14. The number of hydrogen-bond donors (Lipinski definition) is 1. The van der Waals surface area contributed by atoms with Crippen molar-refractivity contribution in [2.45, 2.75) is 13.5 Å². The van der Waals surface area contributed by atoms with Gasteiger partial charge >= 0.3 is 0 Å². The molecular weight excluding hydrogens is 521 g/mol. The van der Waals surface area contributed by atoms with Crippen LogP contribution in [0.3, 0.4) is 0 Å². The number of nitro benzene ring substituents is 1. The summed E-state index contributed by atoms with van der Waals surface area (Å²) in [7, 11) is 1.37. The van der Waals surface area contributed by atoms with Gasteiger partial charge in [-0.05, 0) is 55.0 Å². The molecule has 0 bridgehead atoms. The summed E-state index contributed by atoms with van der Waals surface area (Å²) in [6, 6.07) is 15.8. The van der Waals surface area contributed by atoms with Gasteiger partial charge < -0.3 is 19.5 Å². The van der Waals surface area contributed by atoms with E-state index in [-0.39, 0.29) is 29.3 Å². The van der Waals surface area contributed by atoms with Gasteiger partial charge in [0.25, 0.3) is 11.6 Å². The Kier molecular flexibility index (Phi) is 9.33. The molecule has 1 amide bonds. The van der Waals surface area contributed by atoms with Gasteiger partial charge in [0.2, 0.25) is 0 Å². The van der Waals surface area contributed by atoms with E-state index in [1.165, 1.54) is 31.4 Å². The first kappa shape index (κ1) is 27.3. The van der Waals surface area contributed by atoms with Crippen molar-refractivity contribution in [1.82, 2.24) is 0 Å². The van der Waals surface area contributed by atoms with Crippen molar-refractivity contribution in [3.8, 4) is 23.3 Å². The molecule has 0 heterocycles. The van der Waals surface area contributed by atoms with Gasteiger partial charge in [0.15, 0.2) is 11.5 Å². The minimum atomic E-state index is -0.817. The molecule has 37 heavy (non-hydrogen) atoms. The topological polar surface area (TPSA) is 124 Å². The van der Waals surface area contributed by atoms with E-state index in [4.69, 9.17) is 37.4 Å². The Morgan fingerprint density at radius 3 is 2.46 bits per heavy atom. The van der Waals surface area contributed by atoms with Crippen LogP contribution < -0.4 is 19.5 Å². The van der Waals surface area contributed by atoms with Crippen LogP contribution in [0.5, 0.6) is 17.2 Å². The highest BCUT2D eigenvalue weighted by Gasteiger charge is 2.19. The lowest BCUT2D eigenvalue weighted by atomic mass is 10.1. The van der Waals surface area contributed by atoms with E-state index in [9.17, 15) is 20.2 Å². The summed E-state index contributed by atoms with van der Waals surface area (Å²) in [5.74, 6) is 0.223. The molecule has 3 rings (SSSR count). The Balaban J connectivity index is 1.84. The van der Waals surface area contributed by atoms with Crippen LogP contribution in [-0.4, -0.2) is 24.5 Å². The zero-order chi connectivity index (χ0) is 26.9. The van der Waals surface area contributed by atoms with Crippen LogP contribution in [0.1, 0.15) is 18.1 Å². The molecule has 1 N–H and O–H groups in total. The summed E-state index contributed by atoms with van der Waals surface area (Å²) in [5, 5.41) is 24.3. The highest BCUT2D eigenvalue weighted by Crippen LogP contribution is 2.33. The van der Waals surface area contributed by atoms with E-state index >= 15 is 0 Å². The van der Waals surface area contributed by atoms with Crippen molar-refractivity contribution in [3.05, 3.63) is 91.5 Å². The maximum atomic E-state index is 12.7. The van der Waals surface area contributed by atoms with Crippen molar-refractivity contribution < 1.29 is 23.9 Å². The number of carbonyl (C=O) groups excluding carboxylic acids is 1. The number of carbonyl (C=O) groups is 1. The average molecular weight is 542 g/mol. The van der Waals surface area contributed by atoms with Crippen molar-refractivity contribution in [2.24, 2.45) is 0 Å². The number of anilines is 1. The largest absolute Gasteiger partial charge is 0.496 e. The number of nitrogens with zero attached hydrogens (tertiary/aromatic N) is 2. The van der Waals surface area contributed by atoms with Gasteiger partial charge in [0.05, 0.1) is 24.7 Å². The fourth-order valence-electron chi connectivity index (χ4n) is 3.22. The van der Waals surface area contributed by atoms with Gasteiger partial charge in [-0.2, -0.15) is 5.26 Å². The lowest BCUT2D eigenvalue weighted by molar-refractivity contribution is -0.384. The third kappa shape index (κ3) is 6.91. The van der Waals surface area contributed by atoms with Gasteiger partial charge in [-0.15, -0.1) is 0 Å². The zero-order valence-electron chi connectivity index (χ0n) is 19.8. The lowest BCUT2D eigenvalue weighted by Gasteiger charge is -2.14. The standard InChI is InChI=1S/C26H21Cl2N3O6/c1-3-36-25-12-16(7-10-24(25)37-15-19-20(27)5-4-6-21(19)28)11-17(14-29)26(32)30-22-9-8-18(35-2)13-23(22)31(33)34/h4-13H,3,15H2,1-2H3,(H,30,32)/b17-11+. The smallest absolute Gasteiger partial charge is 0.296 e. The molecule has 0 unspecified atom stereocenters. The van der Waals surface area contributed by atoms with Crippen LogP contribution in [0, 0.1) is 21.4 Å². The van der Waals surface area contributed by atoms with Gasteiger partial charge in [-0.3, -0.25) is 14.9 Å².